The van der Waals surface area contributed by atoms with Crippen LogP contribution in [0.15, 0.2) is 132 Å². The summed E-state index contributed by atoms with van der Waals surface area (Å²) in [7, 11) is 0. The Hall–Kier alpha value is -6.95. The average Bonchev–Trinajstić information content (AvgIpc) is 4.31. The molecule has 74 heavy (non-hydrogen) atoms. The average molecular weight is 1010 g/mol. The first-order valence-corrected chi connectivity index (χ1v) is 25.7. The molecule has 2 aliphatic carbocycles. The third-order valence-corrected chi connectivity index (χ3v) is 14.3. The molecule has 16 heteroatoms. The van der Waals surface area contributed by atoms with Crippen LogP contribution >= 0.6 is 0 Å². The second-order valence-electron chi connectivity index (χ2n) is 19.8. The van der Waals surface area contributed by atoms with Crippen LogP contribution in [-0.2, 0) is 32.5 Å². The number of hydrogen-bond acceptors (Lipinski definition) is 13. The number of carboxylic acid groups (broad SMARTS) is 1. The summed E-state index contributed by atoms with van der Waals surface area (Å²) in [5, 5.41) is 45.8. The summed E-state index contributed by atoms with van der Waals surface area (Å²) in [5.41, 5.74) is 11.2. The smallest absolute Gasteiger partial charge is 0.358 e. The number of benzene rings is 6. The van der Waals surface area contributed by atoms with E-state index in [2.05, 4.69) is 25.4 Å². The van der Waals surface area contributed by atoms with E-state index in [4.69, 9.17) is 30.0 Å². The Bertz CT molecular complexity index is 2950. The molecule has 6 aromatic rings. The fourth-order valence-corrected chi connectivity index (χ4v) is 9.96. The number of ether oxygens (including phenoxy) is 2. The Morgan fingerprint density at radius 2 is 1.05 bits per heavy atom. The molecule has 12 rings (SSSR count). The maximum atomic E-state index is 13.5. The van der Waals surface area contributed by atoms with Crippen LogP contribution < -0.4 is 20.5 Å². The summed E-state index contributed by atoms with van der Waals surface area (Å²) in [6, 6.07) is 38.0. The number of carboxylic acids is 1. The Kier molecular flexibility index (Phi) is 16.8. The van der Waals surface area contributed by atoms with Crippen LogP contribution in [0.3, 0.4) is 0 Å². The third-order valence-electron chi connectivity index (χ3n) is 14.3. The van der Waals surface area contributed by atoms with Crippen LogP contribution in [0, 0.1) is 0 Å². The molecule has 2 saturated heterocycles. The number of carbonyl (C=O) groups is 2. The van der Waals surface area contributed by atoms with Crippen molar-refractivity contribution in [3.05, 3.63) is 155 Å². The van der Waals surface area contributed by atoms with Crippen LogP contribution in [0.5, 0.6) is 11.5 Å². The number of aliphatic hydroxyl groups excluding tert-OH is 2. The first-order chi connectivity index (χ1) is 35.6. The maximum Gasteiger partial charge on any atom is 0.358 e. The summed E-state index contributed by atoms with van der Waals surface area (Å²) in [5.74, 6) is 0.284. The van der Waals surface area contributed by atoms with E-state index in [9.17, 15) is 19.8 Å². The van der Waals surface area contributed by atoms with Crippen molar-refractivity contribution in [1.82, 2.24) is 15.1 Å². The number of amides is 1. The second-order valence-corrected chi connectivity index (χ2v) is 19.8. The molecular formula is C58H65FN6O9. The molecule has 15 nitrogen and oxygen atoms in total. The summed E-state index contributed by atoms with van der Waals surface area (Å²) >= 11 is 0. The maximum absolute atomic E-state index is 13.5. The van der Waals surface area contributed by atoms with Crippen LogP contribution in [0.1, 0.15) is 97.0 Å². The monoisotopic (exact) mass is 1010 g/mol. The molecule has 4 fully saturated rings. The Morgan fingerprint density at radius 3 is 1.54 bits per heavy atom. The molecule has 0 radical (unpaired) electrons. The highest BCUT2D eigenvalue weighted by Crippen LogP contribution is 2.32. The molecule has 2 saturated carbocycles. The number of likely N-dealkylation sites (tertiary alicyclic amines) is 2. The summed E-state index contributed by atoms with van der Waals surface area (Å²) < 4.78 is 11.6. The zero-order chi connectivity index (χ0) is 50.3. The fourth-order valence-electron chi connectivity index (χ4n) is 9.96. The largest absolute Gasteiger partial charge is 0.490 e. The predicted octanol–water partition coefficient (Wildman–Crippen LogP) is 7.93. The van der Waals surface area contributed by atoms with Gasteiger partial charge in [0.05, 0.1) is 24.4 Å². The zero-order valence-electron chi connectivity index (χ0n) is 41.4. The summed E-state index contributed by atoms with van der Waals surface area (Å²) in [6.45, 7) is 6.10. The van der Waals surface area contributed by atoms with Gasteiger partial charge in [-0.25, -0.2) is 4.79 Å². The topological polar surface area (TPSA) is 201 Å². The highest BCUT2D eigenvalue weighted by Gasteiger charge is 2.32. The van der Waals surface area contributed by atoms with E-state index in [1.165, 1.54) is 12.8 Å². The lowest BCUT2D eigenvalue weighted by Gasteiger charge is -2.29. The molecule has 0 bridgehead atoms. The summed E-state index contributed by atoms with van der Waals surface area (Å²) in [4.78, 5) is 39.7. The van der Waals surface area contributed by atoms with Gasteiger partial charge in [0, 0.05) is 41.4 Å². The number of aliphatic hydroxyl groups is 2. The number of carbonyl (C=O) groups excluding carboxylic acids is 1. The van der Waals surface area contributed by atoms with Gasteiger partial charge < -0.3 is 55.3 Å². The predicted molar refractivity (Wildman–Crippen MR) is 282 cm³/mol. The van der Waals surface area contributed by atoms with Crippen molar-refractivity contribution >= 4 is 44.8 Å². The number of hydrogen-bond donors (Lipinski definition) is 5. The number of nitrogens with zero attached hydrogens (tertiary/aromatic N) is 4. The minimum Gasteiger partial charge on any atom is -0.490 e. The molecule has 6 N–H and O–H groups in total. The van der Waals surface area contributed by atoms with Gasteiger partial charge >= 0.3 is 5.97 Å². The Morgan fingerprint density at radius 1 is 0.608 bits per heavy atom. The van der Waals surface area contributed by atoms with Gasteiger partial charge in [0.15, 0.2) is 11.4 Å². The molecule has 6 aliphatic rings. The van der Waals surface area contributed by atoms with Gasteiger partial charge in [-0.1, -0.05) is 107 Å². The standard InChI is InChI=1S/C29H31N3O4.C16H24N2O2.C13H9NO3.FH/c33-28(20-7-10-21(11-8-20)36-22-12-13-22)26(17-32-15-3-4-16-32)30-29(34)27-24-14-9-19-5-1-2-6-23(19)25(24)18-35-31-27;17-15(11-18-9-1-2-10-18)16(19)12-3-5-13(6-4-12)20-14-7-8-14;15-13(16)12-10-6-5-8-3-1-2-4-9(8)11(10)7-17-14-12;/h1-2,5-11,14,22,26,28,33H,3-4,12-13,15-18H2,(H,30,34);3-6,14-16,19H,1-2,7-11,17H2;1-6H,7H2,(H,15,16);1H/t26-,28-;15-,16-;;/m11../s1. The van der Waals surface area contributed by atoms with Gasteiger partial charge in [-0.15, -0.1) is 0 Å². The number of aliphatic carboxylic acids is 1. The Balaban J connectivity index is 0.000000149. The molecule has 0 spiro atoms. The van der Waals surface area contributed by atoms with Gasteiger partial charge in [-0.3, -0.25) is 9.50 Å². The van der Waals surface area contributed by atoms with Crippen molar-refractivity contribution in [3.63, 3.8) is 0 Å². The molecular weight excluding hydrogens is 944 g/mol. The first kappa shape index (κ1) is 51.9. The van der Waals surface area contributed by atoms with Gasteiger partial charge in [0.25, 0.3) is 5.91 Å². The molecule has 1 amide bonds. The fraction of sp³-hybridized carbons (Fsp3) is 0.379. The minimum atomic E-state index is -1.07. The number of halogens is 1. The highest BCUT2D eigenvalue weighted by atomic mass is 19.0. The molecule has 0 unspecified atom stereocenters. The number of oxime groups is 2. The quantitative estimate of drug-likeness (QED) is 0.0667. The lowest BCUT2D eigenvalue weighted by Crippen LogP contribution is -2.49. The van der Waals surface area contributed by atoms with Crippen LogP contribution in [0.25, 0.3) is 21.5 Å². The number of rotatable bonds is 15. The lowest BCUT2D eigenvalue weighted by atomic mass is 9.95. The molecule has 4 heterocycles. The van der Waals surface area contributed by atoms with Crippen molar-refractivity contribution in [3.8, 4) is 11.5 Å². The van der Waals surface area contributed by atoms with Crippen molar-refractivity contribution in [1.29, 1.82) is 0 Å². The van der Waals surface area contributed by atoms with E-state index >= 15 is 0 Å². The number of nitrogens with one attached hydrogen (secondary N) is 1. The van der Waals surface area contributed by atoms with Gasteiger partial charge in [-0.05, 0) is 134 Å². The molecule has 4 atom stereocenters. The van der Waals surface area contributed by atoms with Crippen molar-refractivity contribution in [2.45, 2.75) is 101 Å². The van der Waals surface area contributed by atoms with E-state index in [-0.39, 0.29) is 28.1 Å². The van der Waals surface area contributed by atoms with Crippen LogP contribution in [-0.4, -0.2) is 112 Å². The molecule has 4 aliphatic heterocycles. The SMILES string of the molecule is F.N[C@H](CN1CCCC1)[C@H](O)c1ccc(OC2CC2)cc1.O=C(N[C@H](CN1CCCC1)[C@H](O)c1ccc(OC2CC2)cc1)C1=NOCc2c1ccc1ccccc21.O=C(O)C1=NOCc2c1ccc1ccccc21. The van der Waals surface area contributed by atoms with Crippen molar-refractivity contribution in [2.24, 2.45) is 16.0 Å². The first-order valence-electron chi connectivity index (χ1n) is 25.7. The van der Waals surface area contributed by atoms with Gasteiger partial charge in [0.2, 0.25) is 0 Å². The normalized spacial score (nSPS) is 18.6. The van der Waals surface area contributed by atoms with Gasteiger partial charge in [-0.2, -0.15) is 0 Å². The van der Waals surface area contributed by atoms with E-state index in [1.807, 2.05) is 115 Å². The van der Waals surface area contributed by atoms with E-state index in [1.54, 1.807) is 6.07 Å². The minimum absolute atomic E-state index is 0. The highest BCUT2D eigenvalue weighted by molar-refractivity contribution is 6.46. The third kappa shape index (κ3) is 12.7. The van der Waals surface area contributed by atoms with Crippen LogP contribution in [0.4, 0.5) is 4.70 Å². The van der Waals surface area contributed by atoms with Crippen molar-refractivity contribution < 1.29 is 48.8 Å². The molecule has 388 valence electrons. The van der Waals surface area contributed by atoms with E-state index in [0.29, 0.717) is 37.5 Å². The van der Waals surface area contributed by atoms with E-state index in [0.717, 1.165) is 132 Å². The molecule has 0 aromatic heterocycles. The zero-order valence-corrected chi connectivity index (χ0v) is 41.4. The summed E-state index contributed by atoms with van der Waals surface area (Å²) in [6.07, 6.45) is 8.51. The lowest BCUT2D eigenvalue weighted by molar-refractivity contribution is -0.129. The van der Waals surface area contributed by atoms with Crippen LogP contribution in [0.2, 0.25) is 0 Å². The second kappa shape index (κ2) is 23.9. The van der Waals surface area contributed by atoms with Gasteiger partial charge in [0.1, 0.15) is 30.8 Å². The molecule has 6 aromatic carbocycles. The van der Waals surface area contributed by atoms with Crippen molar-refractivity contribution in [2.75, 3.05) is 39.3 Å². The Labute approximate surface area is 429 Å². The number of nitrogens with two attached hydrogens (primary N) is 1. The van der Waals surface area contributed by atoms with E-state index < -0.39 is 24.2 Å². The number of fused-ring (bicyclic) bond motifs is 6.